The Balaban J connectivity index is 1.84. The van der Waals surface area contributed by atoms with Gasteiger partial charge in [0.25, 0.3) is 0 Å². The highest BCUT2D eigenvalue weighted by molar-refractivity contribution is 5.98. The highest BCUT2D eigenvalue weighted by Gasteiger charge is 2.08. The van der Waals surface area contributed by atoms with E-state index in [-0.39, 0.29) is 5.78 Å². The Morgan fingerprint density at radius 3 is 2.70 bits per heavy atom. The third kappa shape index (κ3) is 2.40. The van der Waals surface area contributed by atoms with Crippen molar-refractivity contribution in [3.05, 3.63) is 59.2 Å². The van der Waals surface area contributed by atoms with Crippen molar-refractivity contribution in [2.24, 2.45) is 0 Å². The molecular weight excluding hydrogens is 250 g/mol. The van der Waals surface area contributed by atoms with Gasteiger partial charge in [-0.1, -0.05) is 35.9 Å². The van der Waals surface area contributed by atoms with Crippen LogP contribution in [-0.2, 0) is 6.42 Å². The minimum absolute atomic E-state index is 0.108. The van der Waals surface area contributed by atoms with Crippen LogP contribution < -0.4 is 5.73 Å². The summed E-state index contributed by atoms with van der Waals surface area (Å²) in [7, 11) is 0. The number of aromatic nitrogens is 2. The molecule has 1 aromatic heterocycles. The minimum atomic E-state index is 0.108. The largest absolute Gasteiger partial charge is 0.369 e. The Kier molecular flexibility index (Phi) is 2.99. The van der Waals surface area contributed by atoms with E-state index in [4.69, 9.17) is 5.73 Å². The molecule has 0 unspecified atom stereocenters. The van der Waals surface area contributed by atoms with Crippen LogP contribution in [0.4, 0.5) is 5.95 Å². The van der Waals surface area contributed by atoms with Gasteiger partial charge in [-0.2, -0.15) is 0 Å². The van der Waals surface area contributed by atoms with Gasteiger partial charge in [-0.25, -0.2) is 4.98 Å². The number of carbonyl (C=O) groups is 1. The number of nitrogens with zero attached hydrogens (tertiary/aromatic N) is 1. The number of ketones is 1. The number of nitrogens with one attached hydrogen (secondary N) is 1. The SMILES string of the molecule is Cc1ccc(C(=O)Cc2ccc3nc(N)[nH]c3c2)cc1. The lowest BCUT2D eigenvalue weighted by atomic mass is 10.0. The summed E-state index contributed by atoms with van der Waals surface area (Å²) in [5.41, 5.74) is 10.1. The number of anilines is 1. The van der Waals surface area contributed by atoms with Gasteiger partial charge in [-0.3, -0.25) is 4.79 Å². The van der Waals surface area contributed by atoms with Crippen LogP contribution in [0.15, 0.2) is 42.5 Å². The molecule has 3 aromatic rings. The van der Waals surface area contributed by atoms with Gasteiger partial charge in [-0.15, -0.1) is 0 Å². The zero-order chi connectivity index (χ0) is 14.1. The van der Waals surface area contributed by atoms with Crippen molar-refractivity contribution >= 4 is 22.8 Å². The number of rotatable bonds is 3. The number of aromatic amines is 1. The number of nitrogen functional groups attached to an aromatic ring is 1. The Bertz CT molecular complexity index is 772. The van der Waals surface area contributed by atoms with Crippen molar-refractivity contribution in [3.8, 4) is 0 Å². The van der Waals surface area contributed by atoms with Gasteiger partial charge in [0.2, 0.25) is 0 Å². The first kappa shape index (κ1) is 12.4. The third-order valence-corrected chi connectivity index (χ3v) is 3.30. The van der Waals surface area contributed by atoms with E-state index in [2.05, 4.69) is 9.97 Å². The zero-order valence-corrected chi connectivity index (χ0v) is 11.2. The molecule has 0 aliphatic rings. The highest BCUT2D eigenvalue weighted by Crippen LogP contribution is 2.16. The number of imidazole rings is 1. The Hall–Kier alpha value is -2.62. The Labute approximate surface area is 116 Å². The van der Waals surface area contributed by atoms with Crippen molar-refractivity contribution < 1.29 is 4.79 Å². The monoisotopic (exact) mass is 265 g/mol. The standard InChI is InChI=1S/C16H15N3O/c1-10-2-5-12(6-3-10)15(20)9-11-4-7-13-14(8-11)19-16(17)18-13/h2-8H,9H2,1H3,(H3,17,18,19). The molecule has 4 nitrogen and oxygen atoms in total. The fourth-order valence-electron chi connectivity index (χ4n) is 2.21. The summed E-state index contributed by atoms with van der Waals surface area (Å²) < 4.78 is 0. The van der Waals surface area contributed by atoms with E-state index < -0.39 is 0 Å². The summed E-state index contributed by atoms with van der Waals surface area (Å²) in [5, 5.41) is 0. The van der Waals surface area contributed by atoms with Gasteiger partial charge in [0.05, 0.1) is 11.0 Å². The van der Waals surface area contributed by atoms with Gasteiger partial charge < -0.3 is 10.7 Å². The molecule has 0 bridgehead atoms. The van der Waals surface area contributed by atoms with E-state index in [1.165, 1.54) is 0 Å². The van der Waals surface area contributed by atoms with Crippen molar-refractivity contribution in [3.63, 3.8) is 0 Å². The molecule has 3 rings (SSSR count). The second-order valence-electron chi connectivity index (χ2n) is 4.94. The average Bonchev–Trinajstić information content (AvgIpc) is 2.78. The second-order valence-corrected chi connectivity index (χ2v) is 4.94. The molecule has 0 amide bonds. The number of H-pyrrole nitrogens is 1. The predicted molar refractivity (Wildman–Crippen MR) is 79.7 cm³/mol. The molecule has 3 N–H and O–H groups in total. The van der Waals surface area contributed by atoms with Gasteiger partial charge in [-0.05, 0) is 24.6 Å². The maximum absolute atomic E-state index is 12.2. The maximum Gasteiger partial charge on any atom is 0.198 e. The molecule has 0 atom stereocenters. The van der Waals surface area contributed by atoms with E-state index in [0.717, 1.165) is 27.7 Å². The molecular formula is C16H15N3O. The van der Waals surface area contributed by atoms with Gasteiger partial charge >= 0.3 is 0 Å². The number of hydrogen-bond acceptors (Lipinski definition) is 3. The zero-order valence-electron chi connectivity index (χ0n) is 11.2. The first-order chi connectivity index (χ1) is 9.61. The molecule has 0 aliphatic heterocycles. The summed E-state index contributed by atoms with van der Waals surface area (Å²) in [6.07, 6.45) is 0.373. The van der Waals surface area contributed by atoms with E-state index in [1.807, 2.05) is 49.4 Å². The van der Waals surface area contributed by atoms with Gasteiger partial charge in [0.15, 0.2) is 11.7 Å². The lowest BCUT2D eigenvalue weighted by Gasteiger charge is -2.02. The molecule has 20 heavy (non-hydrogen) atoms. The lowest BCUT2D eigenvalue weighted by molar-refractivity contribution is 0.0993. The molecule has 0 saturated heterocycles. The molecule has 4 heteroatoms. The Morgan fingerprint density at radius 2 is 1.95 bits per heavy atom. The number of nitrogens with two attached hydrogens (primary N) is 1. The fraction of sp³-hybridized carbons (Fsp3) is 0.125. The van der Waals surface area contributed by atoms with Crippen LogP contribution in [0.3, 0.4) is 0 Å². The van der Waals surface area contributed by atoms with Crippen LogP contribution in [0, 0.1) is 6.92 Å². The molecule has 1 heterocycles. The van der Waals surface area contributed by atoms with Crippen molar-refractivity contribution in [1.82, 2.24) is 9.97 Å². The second kappa shape index (κ2) is 4.81. The van der Waals surface area contributed by atoms with Crippen LogP contribution >= 0.6 is 0 Å². The summed E-state index contributed by atoms with van der Waals surface area (Å²) in [4.78, 5) is 19.3. The third-order valence-electron chi connectivity index (χ3n) is 3.30. The molecule has 0 radical (unpaired) electrons. The van der Waals surface area contributed by atoms with E-state index >= 15 is 0 Å². The normalized spacial score (nSPS) is 10.8. The number of benzene rings is 2. The summed E-state index contributed by atoms with van der Waals surface area (Å²) in [6.45, 7) is 2.00. The summed E-state index contributed by atoms with van der Waals surface area (Å²) in [6, 6.07) is 13.3. The van der Waals surface area contributed by atoms with E-state index in [9.17, 15) is 4.79 Å². The molecule has 0 spiro atoms. The first-order valence-corrected chi connectivity index (χ1v) is 6.46. The lowest BCUT2D eigenvalue weighted by Crippen LogP contribution is -2.03. The summed E-state index contributed by atoms with van der Waals surface area (Å²) >= 11 is 0. The van der Waals surface area contributed by atoms with Crippen LogP contribution in [0.5, 0.6) is 0 Å². The summed E-state index contributed by atoms with van der Waals surface area (Å²) in [5.74, 6) is 0.499. The molecule has 0 aliphatic carbocycles. The van der Waals surface area contributed by atoms with Crippen LogP contribution in [-0.4, -0.2) is 15.8 Å². The van der Waals surface area contributed by atoms with E-state index in [0.29, 0.717) is 12.4 Å². The van der Waals surface area contributed by atoms with E-state index in [1.54, 1.807) is 0 Å². The van der Waals surface area contributed by atoms with Crippen LogP contribution in [0.2, 0.25) is 0 Å². The maximum atomic E-state index is 12.2. The first-order valence-electron chi connectivity index (χ1n) is 6.46. The number of Topliss-reactive ketones (excluding diaryl/α,β-unsaturated/α-hetero) is 1. The van der Waals surface area contributed by atoms with Crippen LogP contribution in [0.1, 0.15) is 21.5 Å². The molecule has 0 saturated carbocycles. The smallest absolute Gasteiger partial charge is 0.198 e. The predicted octanol–water partition coefficient (Wildman–Crippen LogP) is 2.88. The number of hydrogen-bond donors (Lipinski definition) is 2. The quantitative estimate of drug-likeness (QED) is 0.715. The van der Waals surface area contributed by atoms with Crippen molar-refractivity contribution in [2.45, 2.75) is 13.3 Å². The minimum Gasteiger partial charge on any atom is -0.369 e. The number of aryl methyl sites for hydroxylation is 1. The highest BCUT2D eigenvalue weighted by atomic mass is 16.1. The van der Waals surface area contributed by atoms with Crippen LogP contribution in [0.25, 0.3) is 11.0 Å². The average molecular weight is 265 g/mol. The molecule has 0 fully saturated rings. The Morgan fingerprint density at radius 1 is 1.20 bits per heavy atom. The van der Waals surface area contributed by atoms with Crippen molar-refractivity contribution in [2.75, 3.05) is 5.73 Å². The number of carbonyl (C=O) groups excluding carboxylic acids is 1. The van der Waals surface area contributed by atoms with Crippen molar-refractivity contribution in [1.29, 1.82) is 0 Å². The molecule has 2 aromatic carbocycles. The van der Waals surface area contributed by atoms with Gasteiger partial charge in [0, 0.05) is 12.0 Å². The van der Waals surface area contributed by atoms with Gasteiger partial charge in [0.1, 0.15) is 0 Å². The fourth-order valence-corrected chi connectivity index (χ4v) is 2.21. The number of fused-ring (bicyclic) bond motifs is 1. The topological polar surface area (TPSA) is 71.8 Å². The molecule has 100 valence electrons.